The third kappa shape index (κ3) is 18.4. The molecule has 3 aliphatic rings. The number of rotatable bonds is 32. The summed E-state index contributed by atoms with van der Waals surface area (Å²) in [5.74, 6) is -1.87. The van der Waals surface area contributed by atoms with Gasteiger partial charge >= 0.3 is 0 Å². The average molecular weight is 892 g/mol. The molecule has 23 heteroatoms. The molecule has 3 aliphatic heterocycles. The summed E-state index contributed by atoms with van der Waals surface area (Å²) in [5.41, 5.74) is 0. The van der Waals surface area contributed by atoms with Gasteiger partial charge in [0.05, 0.1) is 126 Å². The third-order valence-electron chi connectivity index (χ3n) is 9.46. The summed E-state index contributed by atoms with van der Waals surface area (Å²) in [4.78, 5) is 13.9. The molecule has 3 heterocycles. The number of aliphatic hydroxyl groups excluding tert-OH is 7. The van der Waals surface area contributed by atoms with Crippen molar-refractivity contribution >= 4 is 5.91 Å². The van der Waals surface area contributed by atoms with Gasteiger partial charge in [-0.05, 0) is 6.92 Å². The van der Waals surface area contributed by atoms with Crippen molar-refractivity contribution in [3.8, 4) is 0 Å². The molecule has 358 valence electrons. The molecule has 3 saturated heterocycles. The molecule has 0 aromatic heterocycles. The van der Waals surface area contributed by atoms with Crippen LogP contribution in [0.25, 0.3) is 0 Å². The average Bonchev–Trinajstić information content (AvgIpc) is 3.25. The Morgan fingerprint density at radius 1 is 0.672 bits per heavy atom. The first kappa shape index (κ1) is 53.7. The molecule has 0 radical (unpaired) electrons. The lowest BCUT2D eigenvalue weighted by molar-refractivity contribution is -0.364. The van der Waals surface area contributed by atoms with E-state index in [1.807, 2.05) is 0 Å². The second-order valence-electron chi connectivity index (χ2n) is 14.5. The summed E-state index contributed by atoms with van der Waals surface area (Å²) in [6.45, 7) is 8.34. The summed E-state index contributed by atoms with van der Waals surface area (Å²) in [6.07, 6.45) is -16.1. The number of hydrogen-bond acceptors (Lipinski definition) is 22. The van der Waals surface area contributed by atoms with Crippen LogP contribution in [-0.2, 0) is 71.1 Å². The summed E-state index contributed by atoms with van der Waals surface area (Å²) < 4.78 is 78.5. The van der Waals surface area contributed by atoms with Crippen molar-refractivity contribution in [3.63, 3.8) is 0 Å². The summed E-state index contributed by atoms with van der Waals surface area (Å²) >= 11 is 0. The second-order valence-corrected chi connectivity index (χ2v) is 14.5. The maximum Gasteiger partial charge on any atom is 0.282 e. The number of ether oxygens (including phenoxy) is 14. The monoisotopic (exact) mass is 891 g/mol. The topological polar surface area (TPSA) is 291 Å². The highest BCUT2D eigenvalue weighted by molar-refractivity contribution is 5.82. The lowest BCUT2D eigenvalue weighted by Gasteiger charge is -2.46. The minimum atomic E-state index is -1.82. The number of hydrogen-bond donors (Lipinski definition) is 7. The molecule has 0 bridgehead atoms. The molecule has 23 nitrogen and oxygen atoms in total. The van der Waals surface area contributed by atoms with Crippen LogP contribution in [0.3, 0.4) is 0 Å². The van der Waals surface area contributed by atoms with Gasteiger partial charge < -0.3 is 107 Å². The lowest BCUT2D eigenvalue weighted by Crippen LogP contribution is -2.65. The first-order valence-electron chi connectivity index (χ1n) is 20.4. The van der Waals surface area contributed by atoms with E-state index < -0.39 is 92.6 Å². The fourth-order valence-corrected chi connectivity index (χ4v) is 6.05. The highest BCUT2D eigenvalue weighted by atomic mass is 16.8. The first-order valence-corrected chi connectivity index (χ1v) is 20.4. The normalized spacial score (nSPS) is 32.5. The number of carbonyl (C=O) groups is 1. The highest BCUT2D eigenvalue weighted by Crippen LogP contribution is 2.30. The van der Waals surface area contributed by atoms with Gasteiger partial charge in [-0.1, -0.05) is 6.08 Å². The molecule has 0 saturated carbocycles. The van der Waals surface area contributed by atoms with Gasteiger partial charge in [0.1, 0.15) is 61.0 Å². The zero-order valence-corrected chi connectivity index (χ0v) is 35.3. The van der Waals surface area contributed by atoms with Crippen LogP contribution in [0.15, 0.2) is 12.7 Å². The Morgan fingerprint density at radius 2 is 1.15 bits per heavy atom. The van der Waals surface area contributed by atoms with Crippen LogP contribution in [0, 0.1) is 0 Å². The second kappa shape index (κ2) is 29.7. The summed E-state index contributed by atoms with van der Waals surface area (Å²) in [5, 5.41) is 72.5. The maximum absolute atomic E-state index is 12.5. The SMILES string of the molecule is C=CCOCCOCCOCCOCCOCCOCCOCC(COC1COC(C)(C(=O)N(C)C)OC1)O[C@@H]1OC(CO)[C@@H](O[C@@H]2OC(CO)[C@H](O)C(O)C2O)C(O)C1O. The minimum Gasteiger partial charge on any atom is -0.394 e. The van der Waals surface area contributed by atoms with E-state index in [2.05, 4.69) is 6.58 Å². The van der Waals surface area contributed by atoms with E-state index >= 15 is 0 Å². The van der Waals surface area contributed by atoms with Gasteiger partial charge in [0.15, 0.2) is 12.6 Å². The molecule has 61 heavy (non-hydrogen) atoms. The Bertz CT molecular complexity index is 1160. The van der Waals surface area contributed by atoms with Crippen molar-refractivity contribution in [2.24, 2.45) is 0 Å². The van der Waals surface area contributed by atoms with Gasteiger partial charge in [0.2, 0.25) is 5.79 Å². The van der Waals surface area contributed by atoms with E-state index in [9.17, 15) is 40.5 Å². The number of amides is 1. The molecule has 7 N–H and O–H groups in total. The fourth-order valence-electron chi connectivity index (χ4n) is 6.05. The maximum atomic E-state index is 12.5. The minimum absolute atomic E-state index is 0.00885. The predicted octanol–water partition coefficient (Wildman–Crippen LogP) is -4.47. The first-order chi connectivity index (χ1) is 29.4. The predicted molar refractivity (Wildman–Crippen MR) is 206 cm³/mol. The van der Waals surface area contributed by atoms with Crippen LogP contribution < -0.4 is 0 Å². The smallest absolute Gasteiger partial charge is 0.282 e. The van der Waals surface area contributed by atoms with Gasteiger partial charge in [0.25, 0.3) is 5.91 Å². The standard InChI is InChI=1S/C38H69NO22/c1-5-6-48-7-8-49-9-10-50-11-12-51-13-14-52-15-16-53-17-18-54-21-26(22-55-25-23-56-38(2,57-24-25)37(47)39(3)4)58-35-33(46)31(44)34(28(20-41)60-35)61-36-32(45)30(43)29(42)27(19-40)59-36/h5,25-36,40-46H,1,6-24H2,2-4H3/t25?,26?,27?,28?,29-,30?,31?,32?,33?,34+,35+,36-,38?/m0/s1. The van der Waals surface area contributed by atoms with Gasteiger partial charge in [-0.3, -0.25) is 4.79 Å². The molecule has 0 spiro atoms. The van der Waals surface area contributed by atoms with Crippen molar-refractivity contribution < 1.29 is 107 Å². The summed E-state index contributed by atoms with van der Waals surface area (Å²) in [6, 6.07) is 0. The molecule has 11 atom stereocenters. The van der Waals surface area contributed by atoms with E-state index in [1.54, 1.807) is 20.2 Å². The highest BCUT2D eigenvalue weighted by Gasteiger charge is 2.51. The van der Waals surface area contributed by atoms with Crippen LogP contribution in [-0.4, -0.2) is 266 Å². The Hall–Kier alpha value is -1.63. The Balaban J connectivity index is 1.41. The lowest BCUT2D eigenvalue weighted by atomic mass is 9.97. The molecular weight excluding hydrogens is 822 g/mol. The van der Waals surface area contributed by atoms with E-state index in [0.717, 1.165) is 0 Å². The Kier molecular flexibility index (Phi) is 26.2. The number of nitrogens with zero attached hydrogens (tertiary/aromatic N) is 1. The number of aliphatic hydroxyl groups is 7. The Morgan fingerprint density at radius 3 is 1.64 bits per heavy atom. The van der Waals surface area contributed by atoms with Gasteiger partial charge in [0, 0.05) is 14.1 Å². The van der Waals surface area contributed by atoms with Gasteiger partial charge in [-0.25, -0.2) is 0 Å². The zero-order chi connectivity index (χ0) is 44.6. The number of carbonyl (C=O) groups excluding carboxylic acids is 1. The molecule has 1 amide bonds. The van der Waals surface area contributed by atoms with E-state index in [0.29, 0.717) is 72.7 Å². The summed E-state index contributed by atoms with van der Waals surface area (Å²) in [7, 11) is 3.16. The van der Waals surface area contributed by atoms with Crippen molar-refractivity contribution in [2.45, 2.75) is 86.3 Å². The van der Waals surface area contributed by atoms with Gasteiger partial charge in [-0.15, -0.1) is 6.58 Å². The third-order valence-corrected chi connectivity index (χ3v) is 9.46. The van der Waals surface area contributed by atoms with Crippen LogP contribution in [0.2, 0.25) is 0 Å². The Labute approximate surface area is 356 Å². The van der Waals surface area contributed by atoms with Crippen molar-refractivity contribution in [1.82, 2.24) is 4.90 Å². The van der Waals surface area contributed by atoms with Crippen LogP contribution >= 0.6 is 0 Å². The molecule has 0 aromatic rings. The van der Waals surface area contributed by atoms with Crippen molar-refractivity contribution in [3.05, 3.63) is 12.7 Å². The van der Waals surface area contributed by atoms with E-state index in [-0.39, 0.29) is 45.5 Å². The zero-order valence-electron chi connectivity index (χ0n) is 35.3. The molecule has 0 aromatic carbocycles. The van der Waals surface area contributed by atoms with E-state index in [1.165, 1.54) is 11.8 Å². The largest absolute Gasteiger partial charge is 0.394 e. The van der Waals surface area contributed by atoms with E-state index in [4.69, 9.17) is 66.3 Å². The quantitative estimate of drug-likeness (QED) is 0.0248. The molecule has 0 aliphatic carbocycles. The van der Waals surface area contributed by atoms with Crippen LogP contribution in [0.1, 0.15) is 6.92 Å². The molecule has 3 rings (SSSR count). The van der Waals surface area contributed by atoms with Crippen LogP contribution in [0.5, 0.6) is 0 Å². The van der Waals surface area contributed by atoms with Gasteiger partial charge in [-0.2, -0.15) is 0 Å². The number of likely N-dealkylation sites (N-methyl/N-ethyl adjacent to an activating group) is 1. The molecule has 7 unspecified atom stereocenters. The fraction of sp³-hybridized carbons (Fsp3) is 0.921. The molecular formula is C38H69NO22. The molecule has 3 fully saturated rings. The van der Waals surface area contributed by atoms with Crippen molar-refractivity contribution in [2.75, 3.05) is 140 Å². The van der Waals surface area contributed by atoms with Crippen LogP contribution in [0.4, 0.5) is 0 Å². The van der Waals surface area contributed by atoms with Crippen molar-refractivity contribution in [1.29, 1.82) is 0 Å².